The molecule has 0 atom stereocenters. The van der Waals surface area contributed by atoms with E-state index in [1.165, 1.54) is 0 Å². The van der Waals surface area contributed by atoms with Gasteiger partial charge < -0.3 is 5.73 Å². The van der Waals surface area contributed by atoms with Crippen molar-refractivity contribution in [3.63, 3.8) is 0 Å². The maximum atomic E-state index is 12.4. The molecule has 0 saturated carbocycles. The van der Waals surface area contributed by atoms with Gasteiger partial charge in [0.2, 0.25) is 0 Å². The summed E-state index contributed by atoms with van der Waals surface area (Å²) in [6.07, 6.45) is 0.804. The minimum atomic E-state index is -0.120. The van der Waals surface area contributed by atoms with Crippen molar-refractivity contribution in [1.29, 1.82) is 5.41 Å². The first kappa shape index (κ1) is 16.9. The molecule has 0 aromatic heterocycles. The number of carbonyl (C=O) groups excluding carboxylic acids is 2. The predicted molar refractivity (Wildman–Crippen MR) is 118 cm³/mol. The molecule has 0 fully saturated rings. The number of benzene rings is 4. The van der Waals surface area contributed by atoms with Crippen LogP contribution in [0.1, 0.15) is 31.8 Å². The summed E-state index contributed by atoms with van der Waals surface area (Å²) < 4.78 is 0. The van der Waals surface area contributed by atoms with Gasteiger partial charge in [0.15, 0.2) is 17.5 Å². The molecule has 0 radical (unpaired) electrons. The van der Waals surface area contributed by atoms with Crippen LogP contribution >= 0.6 is 0 Å². The summed E-state index contributed by atoms with van der Waals surface area (Å²) in [7, 11) is 0. The van der Waals surface area contributed by atoms with Gasteiger partial charge in [-0.05, 0) is 34.0 Å². The smallest absolute Gasteiger partial charge is 0.197 e. The third kappa shape index (κ3) is 2.09. The lowest BCUT2D eigenvalue weighted by atomic mass is 10.00. The van der Waals surface area contributed by atoms with E-state index in [1.807, 2.05) is 60.7 Å². The average Bonchev–Trinajstić information content (AvgIpc) is 3.24. The molecule has 5 heteroatoms. The van der Waals surface area contributed by atoms with Gasteiger partial charge in [-0.25, -0.2) is 0 Å². The van der Waals surface area contributed by atoms with Crippen LogP contribution in [-0.2, 0) is 12.8 Å². The normalized spacial score (nSPS) is 14.1. The Morgan fingerprint density at radius 2 is 1.20 bits per heavy atom. The topological polar surface area (TPSA) is 87.2 Å². The van der Waals surface area contributed by atoms with Crippen LogP contribution in [0.2, 0.25) is 0 Å². The Balaban J connectivity index is 1.67. The van der Waals surface area contributed by atoms with Gasteiger partial charge in [-0.2, -0.15) is 0 Å². The maximum absolute atomic E-state index is 12.4. The van der Waals surface area contributed by atoms with Gasteiger partial charge in [-0.15, -0.1) is 0 Å². The summed E-state index contributed by atoms with van der Waals surface area (Å²) in [5, 5.41) is 12.0. The van der Waals surface area contributed by atoms with E-state index in [1.54, 1.807) is 4.90 Å². The number of hydrogen-bond acceptors (Lipinski definition) is 3. The highest BCUT2D eigenvalue weighted by Gasteiger charge is 2.28. The third-order valence-electron chi connectivity index (χ3n) is 6.23. The highest BCUT2D eigenvalue weighted by molar-refractivity contribution is 6.23. The SMILES string of the molecule is N=C(N)N(c1ccc2c3c(cccc13)C(=O)C2)c1ccc2c3c(cccc13)C(=O)C2. The van der Waals surface area contributed by atoms with Crippen LogP contribution in [0.3, 0.4) is 0 Å². The number of ketones is 2. The third-order valence-corrected chi connectivity index (χ3v) is 6.23. The number of nitrogens with two attached hydrogens (primary N) is 1. The number of carbonyl (C=O) groups is 2. The fraction of sp³-hybridized carbons (Fsp3) is 0.0800. The van der Waals surface area contributed by atoms with Gasteiger partial charge >= 0.3 is 0 Å². The molecule has 0 spiro atoms. The molecule has 30 heavy (non-hydrogen) atoms. The van der Waals surface area contributed by atoms with Crippen LogP contribution in [0.4, 0.5) is 11.4 Å². The molecule has 3 N–H and O–H groups in total. The summed E-state index contributed by atoms with van der Waals surface area (Å²) in [5.74, 6) is 0.113. The molecule has 0 heterocycles. The van der Waals surface area contributed by atoms with E-state index >= 15 is 0 Å². The molecule has 0 saturated heterocycles. The van der Waals surface area contributed by atoms with E-state index in [4.69, 9.17) is 11.1 Å². The van der Waals surface area contributed by atoms with Gasteiger partial charge in [0.25, 0.3) is 0 Å². The number of nitrogens with one attached hydrogen (secondary N) is 1. The van der Waals surface area contributed by atoms with Crippen molar-refractivity contribution >= 4 is 50.4 Å². The largest absolute Gasteiger partial charge is 0.369 e. The zero-order valence-corrected chi connectivity index (χ0v) is 16.0. The molecular weight excluding hydrogens is 374 g/mol. The molecule has 144 valence electrons. The van der Waals surface area contributed by atoms with Crippen LogP contribution in [0.5, 0.6) is 0 Å². The first-order chi connectivity index (χ1) is 14.5. The highest BCUT2D eigenvalue weighted by Crippen LogP contribution is 2.42. The van der Waals surface area contributed by atoms with E-state index in [0.29, 0.717) is 12.8 Å². The molecular formula is C25H17N3O2. The van der Waals surface area contributed by atoms with Crippen molar-refractivity contribution in [2.75, 3.05) is 4.90 Å². The molecule has 0 unspecified atom stereocenters. The lowest BCUT2D eigenvalue weighted by Gasteiger charge is -2.26. The van der Waals surface area contributed by atoms with Gasteiger partial charge in [-0.1, -0.05) is 48.5 Å². The number of anilines is 2. The fourth-order valence-corrected chi connectivity index (χ4v) is 5.00. The summed E-state index contributed by atoms with van der Waals surface area (Å²) in [4.78, 5) is 26.5. The summed E-state index contributed by atoms with van der Waals surface area (Å²) in [5.41, 5.74) is 11.1. The summed E-state index contributed by atoms with van der Waals surface area (Å²) in [6, 6.07) is 19.1. The Kier molecular flexibility index (Phi) is 3.25. The molecule has 4 aromatic rings. The second-order valence-electron chi connectivity index (χ2n) is 7.86. The van der Waals surface area contributed by atoms with Gasteiger partial charge in [-0.3, -0.25) is 19.9 Å². The second-order valence-corrected chi connectivity index (χ2v) is 7.86. The van der Waals surface area contributed by atoms with Crippen LogP contribution < -0.4 is 10.6 Å². The first-order valence-corrected chi connectivity index (χ1v) is 9.84. The zero-order valence-electron chi connectivity index (χ0n) is 16.0. The highest BCUT2D eigenvalue weighted by atomic mass is 16.1. The van der Waals surface area contributed by atoms with Crippen LogP contribution in [-0.4, -0.2) is 17.5 Å². The van der Waals surface area contributed by atoms with Crippen molar-refractivity contribution in [2.45, 2.75) is 12.8 Å². The number of hydrogen-bond donors (Lipinski definition) is 2. The molecule has 0 aliphatic heterocycles. The Hall–Kier alpha value is -3.99. The zero-order chi connectivity index (χ0) is 20.6. The second kappa shape index (κ2) is 5.76. The summed E-state index contributed by atoms with van der Waals surface area (Å²) in [6.45, 7) is 0. The van der Waals surface area contributed by atoms with E-state index < -0.39 is 0 Å². The van der Waals surface area contributed by atoms with Gasteiger partial charge in [0.1, 0.15) is 0 Å². The number of nitrogens with zero attached hydrogens (tertiary/aromatic N) is 1. The molecule has 0 amide bonds. The molecule has 4 aromatic carbocycles. The molecule has 5 nitrogen and oxygen atoms in total. The Labute approximate surface area is 172 Å². The summed E-state index contributed by atoms with van der Waals surface area (Å²) >= 11 is 0. The van der Waals surface area contributed by atoms with Crippen LogP contribution in [0.25, 0.3) is 21.5 Å². The fourth-order valence-electron chi connectivity index (χ4n) is 5.00. The van der Waals surface area contributed by atoms with Crippen molar-refractivity contribution in [1.82, 2.24) is 0 Å². The number of rotatable bonds is 2. The lowest BCUT2D eigenvalue weighted by molar-refractivity contribution is 0.0991. The molecule has 0 bridgehead atoms. The molecule has 2 aliphatic carbocycles. The van der Waals surface area contributed by atoms with E-state index in [2.05, 4.69) is 0 Å². The van der Waals surface area contributed by atoms with E-state index in [-0.39, 0.29) is 17.5 Å². The van der Waals surface area contributed by atoms with Crippen LogP contribution in [0.15, 0.2) is 60.7 Å². The van der Waals surface area contributed by atoms with Crippen molar-refractivity contribution in [3.8, 4) is 0 Å². The maximum Gasteiger partial charge on any atom is 0.197 e. The van der Waals surface area contributed by atoms with Crippen molar-refractivity contribution in [2.24, 2.45) is 5.73 Å². The minimum absolute atomic E-state index is 0.117. The molecule has 2 aliphatic rings. The van der Waals surface area contributed by atoms with Crippen molar-refractivity contribution < 1.29 is 9.59 Å². The predicted octanol–water partition coefficient (Wildman–Crippen LogP) is 4.50. The average molecular weight is 391 g/mol. The number of Topliss-reactive ketones (excluding diaryl/α,β-unsaturated/α-hetero) is 2. The van der Waals surface area contributed by atoms with Gasteiger partial charge in [0, 0.05) is 34.7 Å². The molecule has 6 rings (SSSR count). The Morgan fingerprint density at radius 3 is 1.63 bits per heavy atom. The van der Waals surface area contributed by atoms with E-state index in [0.717, 1.165) is 55.2 Å². The first-order valence-electron chi connectivity index (χ1n) is 9.84. The quantitative estimate of drug-likeness (QED) is 0.389. The monoisotopic (exact) mass is 391 g/mol. The van der Waals surface area contributed by atoms with E-state index in [9.17, 15) is 9.59 Å². The minimum Gasteiger partial charge on any atom is -0.369 e. The van der Waals surface area contributed by atoms with Crippen molar-refractivity contribution in [3.05, 3.63) is 82.9 Å². The number of guanidine groups is 1. The van der Waals surface area contributed by atoms with Gasteiger partial charge in [0.05, 0.1) is 11.4 Å². The Morgan fingerprint density at radius 1 is 0.733 bits per heavy atom. The Bertz CT molecular complexity index is 1360. The lowest BCUT2D eigenvalue weighted by Crippen LogP contribution is -2.32. The van der Waals surface area contributed by atoms with Crippen LogP contribution in [0, 0.1) is 5.41 Å². The standard InChI is InChI=1S/C25H17N3O2/c26-25(27)28(19-9-7-13-11-21(29)17-5-1-3-15(19)23(13)17)20-10-8-14-12-22(30)18-6-2-4-16(20)24(14)18/h1-10H,11-12H2,(H3,26,27).